The molecule has 0 unspecified atom stereocenters. The van der Waals surface area contributed by atoms with Crippen molar-refractivity contribution in [2.75, 3.05) is 43.4 Å². The molecule has 1 amide bonds. The first-order chi connectivity index (χ1) is 22.7. The number of nitrogens with zero attached hydrogens (tertiary/aromatic N) is 5. The lowest BCUT2D eigenvalue weighted by Gasteiger charge is -2.56. The van der Waals surface area contributed by atoms with Gasteiger partial charge in [-0.05, 0) is 110 Å². The van der Waals surface area contributed by atoms with Gasteiger partial charge in [0, 0.05) is 44.5 Å². The summed E-state index contributed by atoms with van der Waals surface area (Å²) in [6.45, 7) is 8.97. The number of hydrogen-bond acceptors (Lipinski definition) is 9. The summed E-state index contributed by atoms with van der Waals surface area (Å²) in [5.41, 5.74) is 4.69. The van der Waals surface area contributed by atoms with Crippen LogP contribution in [-0.4, -0.2) is 72.9 Å². The van der Waals surface area contributed by atoms with E-state index in [9.17, 15) is 13.2 Å². The Balaban J connectivity index is 0.921. The van der Waals surface area contributed by atoms with Crippen LogP contribution in [0.25, 0.3) is 11.1 Å². The fourth-order valence-electron chi connectivity index (χ4n) is 9.20. The van der Waals surface area contributed by atoms with E-state index in [2.05, 4.69) is 54.8 Å². The largest absolute Gasteiger partial charge is 0.492 e. The van der Waals surface area contributed by atoms with E-state index in [4.69, 9.17) is 4.74 Å². The molecule has 4 saturated carbocycles. The Morgan fingerprint density at radius 1 is 0.894 bits per heavy atom. The summed E-state index contributed by atoms with van der Waals surface area (Å²) in [5, 5.41) is 8.44. The Morgan fingerprint density at radius 3 is 2.26 bits per heavy atom. The molecule has 1 N–H and O–H groups in total. The third kappa shape index (κ3) is 7.16. The van der Waals surface area contributed by atoms with Crippen molar-refractivity contribution in [2.45, 2.75) is 65.3 Å². The molecule has 1 aliphatic heterocycles. The summed E-state index contributed by atoms with van der Waals surface area (Å²) >= 11 is 0. The van der Waals surface area contributed by atoms with E-state index in [-0.39, 0.29) is 16.9 Å². The number of aryl methyl sites for hydroxylation is 1. The molecule has 4 bridgehead atoms. The number of ether oxygens (including phenoxy) is 1. The van der Waals surface area contributed by atoms with Crippen molar-refractivity contribution in [1.82, 2.24) is 24.8 Å². The van der Waals surface area contributed by atoms with Gasteiger partial charge in [-0.1, -0.05) is 25.1 Å². The van der Waals surface area contributed by atoms with Gasteiger partial charge in [0.2, 0.25) is 10.0 Å². The quantitative estimate of drug-likeness (QED) is 0.300. The third-order valence-corrected chi connectivity index (χ3v) is 12.3. The molecule has 8 rings (SSSR count). The van der Waals surface area contributed by atoms with Crippen molar-refractivity contribution in [1.29, 1.82) is 0 Å². The fraction of sp³-hybridized carbons (Fsp3) is 0.556. The van der Waals surface area contributed by atoms with Crippen molar-refractivity contribution >= 4 is 21.7 Å². The van der Waals surface area contributed by atoms with Crippen LogP contribution in [0.5, 0.6) is 5.75 Å². The maximum absolute atomic E-state index is 13.1. The van der Waals surface area contributed by atoms with Crippen LogP contribution in [0.2, 0.25) is 0 Å². The van der Waals surface area contributed by atoms with Gasteiger partial charge in [-0.2, -0.15) is 0 Å². The molecule has 5 fully saturated rings. The van der Waals surface area contributed by atoms with Gasteiger partial charge in [0.05, 0.1) is 18.6 Å². The summed E-state index contributed by atoms with van der Waals surface area (Å²) in [4.78, 5) is 21.9. The minimum atomic E-state index is -3.77. The first-order valence-electron chi connectivity index (χ1n) is 17.3. The van der Waals surface area contributed by atoms with Crippen LogP contribution in [0.4, 0.5) is 5.82 Å². The zero-order valence-electron chi connectivity index (χ0n) is 27.5. The van der Waals surface area contributed by atoms with Gasteiger partial charge in [-0.15, -0.1) is 10.2 Å². The minimum absolute atomic E-state index is 0.0254. The van der Waals surface area contributed by atoms with Gasteiger partial charge in [0.1, 0.15) is 5.75 Å². The zero-order chi connectivity index (χ0) is 32.6. The normalized spacial score (nSPS) is 25.6. The van der Waals surface area contributed by atoms with E-state index >= 15 is 0 Å². The number of rotatable bonds is 11. The van der Waals surface area contributed by atoms with E-state index in [1.54, 1.807) is 18.3 Å². The number of carbonyl (C=O) groups excluding carboxylic acids is 1. The highest BCUT2D eigenvalue weighted by Gasteiger charge is 2.52. The summed E-state index contributed by atoms with van der Waals surface area (Å²) in [7, 11) is -3.77. The molecule has 0 spiro atoms. The molecule has 250 valence electrons. The highest BCUT2D eigenvalue weighted by atomic mass is 32.2. The maximum atomic E-state index is 13.1. The van der Waals surface area contributed by atoms with Crippen LogP contribution in [-0.2, 0) is 23.0 Å². The predicted octanol–water partition coefficient (Wildman–Crippen LogP) is 5.10. The summed E-state index contributed by atoms with van der Waals surface area (Å²) in [6, 6.07) is 12.1. The van der Waals surface area contributed by atoms with E-state index in [1.165, 1.54) is 30.4 Å². The van der Waals surface area contributed by atoms with Crippen LogP contribution in [0, 0.1) is 23.2 Å². The average molecular weight is 659 g/mol. The number of nitrogens with one attached hydrogen (secondary N) is 1. The number of sulfonamides is 1. The van der Waals surface area contributed by atoms with Crippen molar-refractivity contribution in [3.8, 4) is 16.9 Å². The third-order valence-electron chi connectivity index (χ3n) is 10.8. The average Bonchev–Trinajstić information content (AvgIpc) is 3.04. The molecule has 3 heterocycles. The lowest BCUT2D eigenvalue weighted by molar-refractivity contribution is -0.0391. The van der Waals surface area contributed by atoms with E-state index in [1.807, 2.05) is 19.2 Å². The van der Waals surface area contributed by atoms with Gasteiger partial charge in [-0.25, -0.2) is 13.1 Å². The molecule has 47 heavy (non-hydrogen) atoms. The predicted molar refractivity (Wildman–Crippen MR) is 182 cm³/mol. The Labute approximate surface area is 278 Å². The topological polar surface area (TPSA) is 118 Å². The van der Waals surface area contributed by atoms with E-state index in [0.717, 1.165) is 75.3 Å². The fourth-order valence-corrected chi connectivity index (χ4v) is 10.8. The molecule has 5 aliphatic rings. The smallest absolute Gasteiger partial charge is 0.285 e. The summed E-state index contributed by atoms with van der Waals surface area (Å²) in [6.07, 6.45) is 11.2. The van der Waals surface area contributed by atoms with E-state index < -0.39 is 15.9 Å². The first-order valence-corrected chi connectivity index (χ1v) is 18.9. The van der Waals surface area contributed by atoms with Crippen LogP contribution >= 0.6 is 0 Å². The highest BCUT2D eigenvalue weighted by Crippen LogP contribution is 2.60. The molecule has 2 aromatic heterocycles. The molecule has 11 heteroatoms. The van der Waals surface area contributed by atoms with Crippen molar-refractivity contribution in [3.63, 3.8) is 0 Å². The number of piperazine rings is 1. The van der Waals surface area contributed by atoms with Gasteiger partial charge in [-0.3, -0.25) is 14.7 Å². The molecule has 1 saturated heterocycles. The van der Waals surface area contributed by atoms with E-state index in [0.29, 0.717) is 30.2 Å². The molecule has 0 atom stereocenters. The lowest BCUT2D eigenvalue weighted by atomic mass is 9.50. The molecule has 10 nitrogen and oxygen atoms in total. The van der Waals surface area contributed by atoms with Gasteiger partial charge in [0.15, 0.2) is 11.5 Å². The van der Waals surface area contributed by atoms with Gasteiger partial charge >= 0.3 is 0 Å². The molecular weight excluding hydrogens is 613 g/mol. The number of pyridine rings is 1. The molecule has 0 radical (unpaired) electrons. The molecular formula is C36H46N6O4S. The molecule has 1 aromatic carbocycles. The second-order valence-electron chi connectivity index (χ2n) is 14.3. The Morgan fingerprint density at radius 2 is 1.62 bits per heavy atom. The number of hydrogen-bond donors (Lipinski definition) is 1. The highest BCUT2D eigenvalue weighted by molar-refractivity contribution is 7.90. The minimum Gasteiger partial charge on any atom is -0.492 e. The van der Waals surface area contributed by atoms with Crippen LogP contribution < -0.4 is 14.4 Å². The standard InChI is InChI=1S/C36H46N6O4S/c1-3-28-16-29(31-17-32(46-4-2)22-37-21-31)5-6-30(28)23-41-9-11-42(12-10-41)34-8-7-33(38-39-34)35(43)40-47(44,45)24-36-18-25-13-26(19-36)15-27(14-25)20-36/h5-8,16-17,21-22,25-27H,3-4,9-15,18-20,23-24H2,1-2H3,(H,40,43). The van der Waals surface area contributed by atoms with Crippen LogP contribution in [0.3, 0.4) is 0 Å². The van der Waals surface area contributed by atoms with Gasteiger partial charge in [0.25, 0.3) is 5.91 Å². The number of carbonyl (C=O) groups is 1. The number of benzene rings is 1. The Hall–Kier alpha value is -3.57. The second kappa shape index (κ2) is 13.1. The summed E-state index contributed by atoms with van der Waals surface area (Å²) in [5.74, 6) is 2.77. The van der Waals surface area contributed by atoms with Gasteiger partial charge < -0.3 is 9.64 Å². The Kier molecular flexibility index (Phi) is 8.95. The summed E-state index contributed by atoms with van der Waals surface area (Å²) < 4.78 is 34.2. The van der Waals surface area contributed by atoms with Crippen LogP contribution in [0.15, 0.2) is 48.8 Å². The zero-order valence-corrected chi connectivity index (χ0v) is 28.3. The maximum Gasteiger partial charge on any atom is 0.285 e. The monoisotopic (exact) mass is 658 g/mol. The van der Waals surface area contributed by atoms with Crippen LogP contribution in [0.1, 0.15) is 74.0 Å². The van der Waals surface area contributed by atoms with Crippen molar-refractivity contribution < 1.29 is 17.9 Å². The molecule has 4 aliphatic carbocycles. The second-order valence-corrected chi connectivity index (χ2v) is 16.0. The lowest BCUT2D eigenvalue weighted by Crippen LogP contribution is -2.51. The SMILES string of the molecule is CCOc1cncc(-c2ccc(CN3CCN(c4ccc(C(=O)NS(=O)(=O)CC56CC7CC(CC(C7)C5)C6)nn4)CC3)c(CC)c2)c1. The Bertz CT molecular complexity index is 1670. The number of aromatic nitrogens is 3. The molecule has 3 aromatic rings. The number of anilines is 1. The van der Waals surface area contributed by atoms with Crippen molar-refractivity contribution in [3.05, 3.63) is 65.6 Å². The van der Waals surface area contributed by atoms with Crippen molar-refractivity contribution in [2.24, 2.45) is 23.2 Å². The first kappa shape index (κ1) is 32.0. The number of amides is 1.